The van der Waals surface area contributed by atoms with Gasteiger partial charge >= 0.3 is 0 Å². The van der Waals surface area contributed by atoms with Crippen LogP contribution in [0.25, 0.3) is 0 Å². The number of rotatable bonds is 1. The van der Waals surface area contributed by atoms with Gasteiger partial charge in [0, 0.05) is 19.7 Å². The standard InChI is InChI=1S/C7H15NO/c1-6-7(9-3)4-5-8(6)2/h6-7H,4-5H2,1-3H3. The summed E-state index contributed by atoms with van der Waals surface area (Å²) in [7, 11) is 3.93. The Hall–Kier alpha value is -0.0800. The highest BCUT2D eigenvalue weighted by molar-refractivity contribution is 4.81. The highest BCUT2D eigenvalue weighted by Gasteiger charge is 2.27. The number of nitrogens with zero attached hydrogens (tertiary/aromatic N) is 1. The van der Waals surface area contributed by atoms with E-state index in [0.29, 0.717) is 12.1 Å². The molecule has 2 atom stereocenters. The predicted molar refractivity (Wildman–Crippen MR) is 37.5 cm³/mol. The van der Waals surface area contributed by atoms with Crippen molar-refractivity contribution in [1.29, 1.82) is 0 Å². The molecule has 54 valence electrons. The monoisotopic (exact) mass is 129 g/mol. The van der Waals surface area contributed by atoms with Crippen LogP contribution >= 0.6 is 0 Å². The largest absolute Gasteiger partial charge is 0.380 e. The van der Waals surface area contributed by atoms with Crippen molar-refractivity contribution in [2.75, 3.05) is 20.7 Å². The van der Waals surface area contributed by atoms with E-state index < -0.39 is 0 Å². The lowest BCUT2D eigenvalue weighted by Crippen LogP contribution is -2.29. The predicted octanol–water partition coefficient (Wildman–Crippen LogP) is 0.725. The van der Waals surface area contributed by atoms with Crippen molar-refractivity contribution in [3.8, 4) is 0 Å². The normalized spacial score (nSPS) is 37.7. The zero-order chi connectivity index (χ0) is 6.85. The second-order valence-corrected chi connectivity index (χ2v) is 2.78. The minimum absolute atomic E-state index is 0.468. The fraction of sp³-hybridized carbons (Fsp3) is 1.00. The zero-order valence-electron chi connectivity index (χ0n) is 6.42. The summed E-state index contributed by atoms with van der Waals surface area (Å²) < 4.78 is 5.25. The van der Waals surface area contributed by atoms with Gasteiger partial charge in [-0.1, -0.05) is 0 Å². The van der Waals surface area contributed by atoms with Crippen LogP contribution in [-0.2, 0) is 4.74 Å². The van der Waals surface area contributed by atoms with Crippen molar-refractivity contribution in [1.82, 2.24) is 4.90 Å². The van der Waals surface area contributed by atoms with Crippen molar-refractivity contribution in [2.45, 2.75) is 25.5 Å². The summed E-state index contributed by atoms with van der Waals surface area (Å²) >= 11 is 0. The molecule has 1 saturated heterocycles. The van der Waals surface area contributed by atoms with E-state index in [1.165, 1.54) is 13.0 Å². The summed E-state index contributed by atoms with van der Waals surface area (Å²) in [4.78, 5) is 2.33. The highest BCUT2D eigenvalue weighted by Crippen LogP contribution is 2.17. The summed E-state index contributed by atoms with van der Waals surface area (Å²) in [6.07, 6.45) is 1.66. The van der Waals surface area contributed by atoms with Crippen molar-refractivity contribution >= 4 is 0 Å². The molecule has 1 aliphatic heterocycles. The number of hydrogen-bond donors (Lipinski definition) is 0. The smallest absolute Gasteiger partial charge is 0.0735 e. The lowest BCUT2D eigenvalue weighted by atomic mass is 10.2. The molecule has 0 saturated carbocycles. The van der Waals surface area contributed by atoms with E-state index in [4.69, 9.17) is 4.74 Å². The third-order valence-corrected chi connectivity index (χ3v) is 2.30. The van der Waals surface area contributed by atoms with E-state index in [1.807, 2.05) is 0 Å². The van der Waals surface area contributed by atoms with Gasteiger partial charge in [0.15, 0.2) is 0 Å². The molecular formula is C7H15NO. The molecule has 2 unspecified atom stereocenters. The van der Waals surface area contributed by atoms with Gasteiger partial charge in [-0.3, -0.25) is 0 Å². The highest BCUT2D eigenvalue weighted by atomic mass is 16.5. The van der Waals surface area contributed by atoms with Gasteiger partial charge < -0.3 is 9.64 Å². The molecule has 0 aromatic rings. The van der Waals surface area contributed by atoms with E-state index in [0.717, 1.165) is 0 Å². The minimum atomic E-state index is 0.468. The Labute approximate surface area is 56.8 Å². The summed E-state index contributed by atoms with van der Waals surface area (Å²) in [6.45, 7) is 3.39. The second kappa shape index (κ2) is 2.67. The summed E-state index contributed by atoms with van der Waals surface area (Å²) in [5.74, 6) is 0. The Balaban J connectivity index is 2.41. The first-order valence-corrected chi connectivity index (χ1v) is 3.48. The number of ether oxygens (including phenoxy) is 1. The quantitative estimate of drug-likeness (QED) is 0.517. The lowest BCUT2D eigenvalue weighted by molar-refractivity contribution is 0.0788. The molecule has 1 aliphatic rings. The lowest BCUT2D eigenvalue weighted by Gasteiger charge is -2.18. The second-order valence-electron chi connectivity index (χ2n) is 2.78. The van der Waals surface area contributed by atoms with E-state index in [9.17, 15) is 0 Å². The van der Waals surface area contributed by atoms with E-state index in [1.54, 1.807) is 7.11 Å². The molecule has 0 radical (unpaired) electrons. The molecule has 0 aromatic heterocycles. The van der Waals surface area contributed by atoms with Gasteiger partial charge in [-0.2, -0.15) is 0 Å². The maximum Gasteiger partial charge on any atom is 0.0735 e. The van der Waals surface area contributed by atoms with Gasteiger partial charge in [-0.05, 0) is 20.4 Å². The summed E-state index contributed by atoms with van der Waals surface area (Å²) in [6, 6.07) is 0.606. The van der Waals surface area contributed by atoms with Gasteiger partial charge in [0.05, 0.1) is 6.10 Å². The Kier molecular flexibility index (Phi) is 2.09. The van der Waals surface area contributed by atoms with Gasteiger partial charge in [0.25, 0.3) is 0 Å². The van der Waals surface area contributed by atoms with Crippen molar-refractivity contribution in [2.24, 2.45) is 0 Å². The van der Waals surface area contributed by atoms with Crippen molar-refractivity contribution < 1.29 is 4.74 Å². The maximum absolute atomic E-state index is 5.25. The summed E-state index contributed by atoms with van der Waals surface area (Å²) in [5, 5.41) is 0. The molecule has 2 heteroatoms. The van der Waals surface area contributed by atoms with Crippen LogP contribution in [0.1, 0.15) is 13.3 Å². The molecular weight excluding hydrogens is 114 g/mol. The van der Waals surface area contributed by atoms with Crippen LogP contribution in [0.2, 0.25) is 0 Å². The molecule has 0 spiro atoms. The average molecular weight is 129 g/mol. The Morgan fingerprint density at radius 3 is 2.44 bits per heavy atom. The molecule has 0 N–H and O–H groups in total. The van der Waals surface area contributed by atoms with Crippen LogP contribution in [0.3, 0.4) is 0 Å². The fourth-order valence-corrected chi connectivity index (χ4v) is 1.37. The van der Waals surface area contributed by atoms with Crippen LogP contribution in [0, 0.1) is 0 Å². The Bertz CT molecular complexity index is 94.9. The Morgan fingerprint density at radius 1 is 1.56 bits per heavy atom. The molecule has 0 amide bonds. The number of methoxy groups -OCH3 is 1. The molecule has 1 heterocycles. The fourth-order valence-electron chi connectivity index (χ4n) is 1.37. The SMILES string of the molecule is COC1CCN(C)C1C. The number of likely N-dealkylation sites (N-methyl/N-ethyl adjacent to an activating group) is 1. The van der Waals surface area contributed by atoms with E-state index in [2.05, 4.69) is 18.9 Å². The first-order chi connectivity index (χ1) is 4.25. The van der Waals surface area contributed by atoms with Crippen LogP contribution in [0.5, 0.6) is 0 Å². The Morgan fingerprint density at radius 2 is 2.22 bits per heavy atom. The van der Waals surface area contributed by atoms with Gasteiger partial charge in [-0.15, -0.1) is 0 Å². The van der Waals surface area contributed by atoms with E-state index >= 15 is 0 Å². The van der Waals surface area contributed by atoms with Crippen molar-refractivity contribution in [3.63, 3.8) is 0 Å². The first kappa shape index (κ1) is 7.03. The first-order valence-electron chi connectivity index (χ1n) is 3.48. The third kappa shape index (κ3) is 1.25. The van der Waals surface area contributed by atoms with Crippen LogP contribution in [0.4, 0.5) is 0 Å². The van der Waals surface area contributed by atoms with Crippen LogP contribution in [0.15, 0.2) is 0 Å². The van der Waals surface area contributed by atoms with Crippen LogP contribution in [-0.4, -0.2) is 37.7 Å². The molecule has 1 fully saturated rings. The van der Waals surface area contributed by atoms with E-state index in [-0.39, 0.29) is 0 Å². The van der Waals surface area contributed by atoms with Gasteiger partial charge in [-0.25, -0.2) is 0 Å². The molecule has 0 bridgehead atoms. The number of likely N-dealkylation sites (tertiary alicyclic amines) is 1. The molecule has 0 aliphatic carbocycles. The topological polar surface area (TPSA) is 12.5 Å². The summed E-state index contributed by atoms with van der Waals surface area (Å²) in [5.41, 5.74) is 0. The zero-order valence-corrected chi connectivity index (χ0v) is 6.42. The minimum Gasteiger partial charge on any atom is -0.380 e. The van der Waals surface area contributed by atoms with Crippen molar-refractivity contribution in [3.05, 3.63) is 0 Å². The maximum atomic E-state index is 5.25. The number of hydrogen-bond acceptors (Lipinski definition) is 2. The molecule has 9 heavy (non-hydrogen) atoms. The molecule has 0 aromatic carbocycles. The molecule has 1 rings (SSSR count). The third-order valence-electron chi connectivity index (χ3n) is 2.30. The van der Waals surface area contributed by atoms with Gasteiger partial charge in [0.1, 0.15) is 0 Å². The van der Waals surface area contributed by atoms with Crippen LogP contribution < -0.4 is 0 Å². The molecule has 2 nitrogen and oxygen atoms in total. The average Bonchev–Trinajstić information content (AvgIpc) is 2.15. The van der Waals surface area contributed by atoms with Gasteiger partial charge in [0.2, 0.25) is 0 Å².